The molecule has 0 aliphatic rings. The summed E-state index contributed by atoms with van der Waals surface area (Å²) < 4.78 is 0. The number of carboxylic acid groups (broad SMARTS) is 1. The monoisotopic (exact) mass is 391 g/mol. The van der Waals surface area contributed by atoms with Gasteiger partial charge in [0, 0.05) is 0 Å². The number of hydrogen-bond donors (Lipinski definition) is 8. The van der Waals surface area contributed by atoms with E-state index in [0.717, 1.165) is 0 Å². The Labute approximate surface area is 156 Å². The quantitative estimate of drug-likeness (QED) is 0.143. The molecule has 156 valence electrons. The fraction of sp³-hybridized carbons (Fsp3) is 0.733. The van der Waals surface area contributed by atoms with Gasteiger partial charge < -0.3 is 42.7 Å². The Balaban J connectivity index is 5.01. The summed E-state index contributed by atoms with van der Waals surface area (Å²) in [7, 11) is 0. The predicted octanol–water partition coefficient (Wildman–Crippen LogP) is -4.01. The first-order valence-electron chi connectivity index (χ1n) is 8.49. The zero-order valence-electron chi connectivity index (χ0n) is 15.2. The second-order valence-corrected chi connectivity index (χ2v) is 5.95. The van der Waals surface area contributed by atoms with Crippen LogP contribution in [0.25, 0.3) is 0 Å². The third-order valence-electron chi connectivity index (χ3n) is 3.66. The first-order valence-corrected chi connectivity index (χ1v) is 8.49. The Morgan fingerprint density at radius 3 is 1.93 bits per heavy atom. The summed E-state index contributed by atoms with van der Waals surface area (Å²) in [5, 5.41) is 33.8. The second-order valence-electron chi connectivity index (χ2n) is 5.95. The molecule has 0 saturated heterocycles. The molecule has 3 amide bonds. The van der Waals surface area contributed by atoms with Gasteiger partial charge in [-0.25, -0.2) is 0 Å². The summed E-state index contributed by atoms with van der Waals surface area (Å²) in [6.07, 6.45) is 1.28. The van der Waals surface area contributed by atoms with Crippen molar-refractivity contribution in [3.8, 4) is 0 Å². The van der Waals surface area contributed by atoms with Crippen molar-refractivity contribution in [3.05, 3.63) is 0 Å². The Bertz CT molecular complexity index is 517. The zero-order valence-corrected chi connectivity index (χ0v) is 15.2. The molecule has 12 nitrogen and oxygen atoms in total. The smallest absolute Gasteiger partial charge is 0.325 e. The summed E-state index contributed by atoms with van der Waals surface area (Å²) in [5.41, 5.74) is 10.8. The lowest BCUT2D eigenvalue weighted by Crippen LogP contribution is -2.58. The van der Waals surface area contributed by atoms with Crippen molar-refractivity contribution in [2.45, 2.75) is 50.4 Å². The highest BCUT2D eigenvalue weighted by atomic mass is 16.4. The molecular weight excluding hydrogens is 362 g/mol. The normalized spacial score (nSPS) is 15.1. The third kappa shape index (κ3) is 9.28. The van der Waals surface area contributed by atoms with Crippen LogP contribution >= 0.6 is 0 Å². The van der Waals surface area contributed by atoms with Gasteiger partial charge in [-0.2, -0.15) is 0 Å². The summed E-state index contributed by atoms with van der Waals surface area (Å²) >= 11 is 0. The molecule has 0 aromatic heterocycles. The lowest BCUT2D eigenvalue weighted by atomic mass is 10.1. The number of amides is 3. The van der Waals surface area contributed by atoms with Crippen molar-refractivity contribution in [1.82, 2.24) is 16.0 Å². The van der Waals surface area contributed by atoms with Crippen LogP contribution in [0, 0.1) is 0 Å². The Kier molecular flexibility index (Phi) is 11.9. The SMILES string of the molecule is CC(NC(=O)C(CO)NC(=O)C(CCCCN)NC(=O)C(N)CO)C(=O)O. The van der Waals surface area contributed by atoms with Gasteiger partial charge in [-0.3, -0.25) is 19.2 Å². The molecule has 12 heteroatoms. The van der Waals surface area contributed by atoms with Crippen molar-refractivity contribution in [1.29, 1.82) is 0 Å². The van der Waals surface area contributed by atoms with Crippen LogP contribution < -0.4 is 27.4 Å². The highest BCUT2D eigenvalue weighted by molar-refractivity contribution is 5.94. The molecule has 10 N–H and O–H groups in total. The zero-order chi connectivity index (χ0) is 21.0. The maximum absolute atomic E-state index is 12.4. The number of aliphatic carboxylic acids is 1. The van der Waals surface area contributed by atoms with Gasteiger partial charge in [0.2, 0.25) is 17.7 Å². The minimum absolute atomic E-state index is 0.193. The number of carbonyl (C=O) groups excluding carboxylic acids is 3. The summed E-state index contributed by atoms with van der Waals surface area (Å²) in [4.78, 5) is 47.0. The van der Waals surface area contributed by atoms with Gasteiger partial charge in [-0.15, -0.1) is 0 Å². The van der Waals surface area contributed by atoms with Crippen molar-refractivity contribution in [3.63, 3.8) is 0 Å². The van der Waals surface area contributed by atoms with Crippen molar-refractivity contribution < 1.29 is 34.5 Å². The van der Waals surface area contributed by atoms with E-state index in [4.69, 9.17) is 21.7 Å². The van der Waals surface area contributed by atoms with Crippen LogP contribution in [-0.2, 0) is 19.2 Å². The topological polar surface area (TPSA) is 217 Å². The van der Waals surface area contributed by atoms with E-state index in [-0.39, 0.29) is 6.42 Å². The maximum Gasteiger partial charge on any atom is 0.325 e. The van der Waals surface area contributed by atoms with Gasteiger partial charge in [-0.05, 0) is 32.7 Å². The summed E-state index contributed by atoms with van der Waals surface area (Å²) in [6, 6.07) is -4.91. The molecule has 0 fully saturated rings. The lowest BCUT2D eigenvalue weighted by molar-refractivity contribution is -0.142. The first-order chi connectivity index (χ1) is 12.7. The highest BCUT2D eigenvalue weighted by Gasteiger charge is 2.28. The average molecular weight is 391 g/mol. The molecular formula is C15H29N5O7. The van der Waals surface area contributed by atoms with Crippen molar-refractivity contribution in [2.24, 2.45) is 11.5 Å². The first kappa shape index (κ1) is 24.7. The lowest BCUT2D eigenvalue weighted by Gasteiger charge is -2.23. The van der Waals surface area contributed by atoms with E-state index < -0.39 is 61.1 Å². The van der Waals surface area contributed by atoms with Crippen LogP contribution in [0.3, 0.4) is 0 Å². The van der Waals surface area contributed by atoms with Crippen molar-refractivity contribution >= 4 is 23.7 Å². The van der Waals surface area contributed by atoms with Crippen LogP contribution in [0.5, 0.6) is 0 Å². The molecule has 4 atom stereocenters. The number of carboxylic acids is 1. The molecule has 0 rings (SSSR count). The Morgan fingerprint density at radius 2 is 1.44 bits per heavy atom. The molecule has 0 saturated carbocycles. The highest BCUT2D eigenvalue weighted by Crippen LogP contribution is 2.02. The van der Waals surface area contributed by atoms with Crippen LogP contribution in [0.1, 0.15) is 26.2 Å². The number of aliphatic hydroxyl groups is 2. The summed E-state index contributed by atoms with van der Waals surface area (Å²) in [6.45, 7) is 0.219. The molecule has 0 aliphatic carbocycles. The van der Waals surface area contributed by atoms with E-state index in [1.54, 1.807) is 0 Å². The molecule has 4 unspecified atom stereocenters. The van der Waals surface area contributed by atoms with Gasteiger partial charge >= 0.3 is 5.97 Å². The number of hydrogen-bond acceptors (Lipinski definition) is 8. The minimum atomic E-state index is -1.40. The third-order valence-corrected chi connectivity index (χ3v) is 3.66. The van der Waals surface area contributed by atoms with E-state index in [0.29, 0.717) is 19.4 Å². The molecule has 27 heavy (non-hydrogen) atoms. The average Bonchev–Trinajstić information content (AvgIpc) is 2.63. The fourth-order valence-corrected chi connectivity index (χ4v) is 1.97. The molecule has 0 aromatic rings. The van der Waals surface area contributed by atoms with E-state index in [1.165, 1.54) is 6.92 Å². The van der Waals surface area contributed by atoms with Crippen LogP contribution in [0.15, 0.2) is 0 Å². The molecule has 0 spiro atoms. The number of nitrogens with two attached hydrogens (primary N) is 2. The standard InChI is InChI=1S/C15H29N5O7/c1-8(15(26)27)18-14(25)11(7-22)20-13(24)10(4-2-3-5-16)19-12(23)9(17)6-21/h8-11,21-22H,2-7,16-17H2,1H3,(H,18,25)(H,19,23)(H,20,24)(H,26,27). The second kappa shape index (κ2) is 13.0. The van der Waals surface area contributed by atoms with E-state index in [2.05, 4.69) is 16.0 Å². The van der Waals surface area contributed by atoms with E-state index in [9.17, 15) is 24.3 Å². The predicted molar refractivity (Wildman–Crippen MR) is 94.2 cm³/mol. The number of rotatable bonds is 13. The van der Waals surface area contributed by atoms with Gasteiger partial charge in [0.25, 0.3) is 0 Å². The number of carbonyl (C=O) groups is 4. The van der Waals surface area contributed by atoms with Gasteiger partial charge in [-0.1, -0.05) is 0 Å². The van der Waals surface area contributed by atoms with E-state index in [1.807, 2.05) is 0 Å². The largest absolute Gasteiger partial charge is 0.480 e. The van der Waals surface area contributed by atoms with Gasteiger partial charge in [0.15, 0.2) is 0 Å². The summed E-state index contributed by atoms with van der Waals surface area (Å²) in [5.74, 6) is -3.69. The number of unbranched alkanes of at least 4 members (excludes halogenated alkanes) is 1. The van der Waals surface area contributed by atoms with Crippen LogP contribution in [0.4, 0.5) is 0 Å². The maximum atomic E-state index is 12.4. The Morgan fingerprint density at radius 1 is 0.889 bits per heavy atom. The molecule has 0 bridgehead atoms. The van der Waals surface area contributed by atoms with Gasteiger partial charge in [0.05, 0.1) is 13.2 Å². The Hall–Kier alpha value is -2.28. The number of nitrogens with one attached hydrogen (secondary N) is 3. The molecule has 0 radical (unpaired) electrons. The number of aliphatic hydroxyl groups excluding tert-OH is 2. The molecule has 0 aliphatic heterocycles. The van der Waals surface area contributed by atoms with E-state index >= 15 is 0 Å². The molecule has 0 aromatic carbocycles. The minimum Gasteiger partial charge on any atom is -0.480 e. The van der Waals surface area contributed by atoms with Gasteiger partial charge in [0.1, 0.15) is 24.2 Å². The van der Waals surface area contributed by atoms with Crippen LogP contribution in [-0.4, -0.2) is 82.9 Å². The molecule has 0 heterocycles. The fourth-order valence-electron chi connectivity index (χ4n) is 1.97. The van der Waals surface area contributed by atoms with Crippen LogP contribution in [0.2, 0.25) is 0 Å². The van der Waals surface area contributed by atoms with Crippen molar-refractivity contribution in [2.75, 3.05) is 19.8 Å².